The highest BCUT2D eigenvalue weighted by atomic mass is 16.2. The van der Waals surface area contributed by atoms with Crippen LogP contribution in [0, 0.1) is 32.5 Å². The van der Waals surface area contributed by atoms with Gasteiger partial charge in [0.2, 0.25) is 17.7 Å². The zero-order chi connectivity index (χ0) is 29.7. The molecule has 0 rings (SSSR count). The van der Waals surface area contributed by atoms with Gasteiger partial charge < -0.3 is 16.0 Å². The van der Waals surface area contributed by atoms with Crippen LogP contribution in [-0.2, 0) is 14.4 Å². The SMILES string of the molecule is CC(C)(C)C(C)(C)C(=O)NCCN(CCNC(=O)C(C)(C)C(C)(C)C)CCNC(=O)C(C)(C)C(C)(C)C. The maximum absolute atomic E-state index is 12.9. The molecule has 0 aromatic carbocycles. The number of nitrogens with one attached hydrogen (secondary N) is 3. The fourth-order valence-electron chi connectivity index (χ4n) is 3.00. The Morgan fingerprint density at radius 3 is 0.784 bits per heavy atom. The Bertz CT molecular complexity index is 674. The van der Waals surface area contributed by atoms with Crippen molar-refractivity contribution in [3.8, 4) is 0 Å². The van der Waals surface area contributed by atoms with Crippen LogP contribution in [0.1, 0.15) is 104 Å². The van der Waals surface area contributed by atoms with Crippen molar-refractivity contribution in [1.29, 1.82) is 0 Å². The van der Waals surface area contributed by atoms with Crippen LogP contribution in [0.5, 0.6) is 0 Å². The van der Waals surface area contributed by atoms with Crippen molar-refractivity contribution in [2.45, 2.75) is 104 Å². The molecule has 0 aliphatic heterocycles. The second kappa shape index (κ2) is 12.5. The molecular weight excluding hydrogens is 464 g/mol. The lowest BCUT2D eigenvalue weighted by molar-refractivity contribution is -0.135. The van der Waals surface area contributed by atoms with Gasteiger partial charge in [0.25, 0.3) is 0 Å². The Labute approximate surface area is 228 Å². The van der Waals surface area contributed by atoms with E-state index in [0.717, 1.165) is 0 Å². The predicted molar refractivity (Wildman–Crippen MR) is 155 cm³/mol. The molecule has 0 saturated heterocycles. The number of hydrogen-bond donors (Lipinski definition) is 3. The van der Waals surface area contributed by atoms with Crippen molar-refractivity contribution in [3.63, 3.8) is 0 Å². The molecule has 0 radical (unpaired) electrons. The summed E-state index contributed by atoms with van der Waals surface area (Å²) in [5, 5.41) is 9.27. The summed E-state index contributed by atoms with van der Waals surface area (Å²) in [5.41, 5.74) is -1.99. The number of carbonyl (C=O) groups excluding carboxylic acids is 3. The molecule has 0 aromatic heterocycles. The summed E-state index contributed by atoms with van der Waals surface area (Å²) in [7, 11) is 0. The van der Waals surface area contributed by atoms with E-state index in [-0.39, 0.29) is 34.0 Å². The van der Waals surface area contributed by atoms with Gasteiger partial charge in [-0.2, -0.15) is 0 Å². The smallest absolute Gasteiger partial charge is 0.226 e. The number of amides is 3. The van der Waals surface area contributed by atoms with Crippen LogP contribution in [0.15, 0.2) is 0 Å². The van der Waals surface area contributed by atoms with Gasteiger partial charge in [0.05, 0.1) is 0 Å². The van der Waals surface area contributed by atoms with Gasteiger partial charge in [-0.25, -0.2) is 0 Å². The van der Waals surface area contributed by atoms with Crippen LogP contribution < -0.4 is 16.0 Å². The Morgan fingerprint density at radius 2 is 0.622 bits per heavy atom. The first-order valence-electron chi connectivity index (χ1n) is 13.9. The molecule has 0 fully saturated rings. The van der Waals surface area contributed by atoms with Gasteiger partial charge in [-0.15, -0.1) is 0 Å². The van der Waals surface area contributed by atoms with E-state index in [1.165, 1.54) is 0 Å². The standard InChI is InChI=1S/C30H60N4O3/c1-25(2,3)28(10,11)22(35)31-16-19-34(20-17-32-23(36)29(12,13)26(4,5)6)21-18-33-24(37)30(14,15)27(7,8)9/h16-21H2,1-15H3,(H,31,35)(H,32,36)(H,33,37). The lowest BCUT2D eigenvalue weighted by atomic mass is 9.69. The highest BCUT2D eigenvalue weighted by Crippen LogP contribution is 2.39. The molecule has 0 spiro atoms. The third kappa shape index (κ3) is 9.56. The Kier molecular flexibility index (Phi) is 11.9. The summed E-state index contributed by atoms with van der Waals surface area (Å²) >= 11 is 0. The molecule has 0 aliphatic carbocycles. The van der Waals surface area contributed by atoms with E-state index in [2.05, 4.69) is 83.2 Å². The summed E-state index contributed by atoms with van der Waals surface area (Å²) < 4.78 is 0. The number of nitrogens with zero attached hydrogens (tertiary/aromatic N) is 1. The van der Waals surface area contributed by atoms with Gasteiger partial charge in [0, 0.05) is 55.5 Å². The van der Waals surface area contributed by atoms with E-state index in [1.807, 2.05) is 41.5 Å². The molecule has 0 unspecified atom stereocenters. The van der Waals surface area contributed by atoms with E-state index in [9.17, 15) is 14.4 Å². The molecule has 0 aliphatic rings. The molecule has 0 bridgehead atoms. The van der Waals surface area contributed by atoms with Crippen LogP contribution in [0.25, 0.3) is 0 Å². The number of rotatable bonds is 12. The average molecular weight is 525 g/mol. The van der Waals surface area contributed by atoms with Gasteiger partial charge in [-0.05, 0) is 16.2 Å². The van der Waals surface area contributed by atoms with E-state index >= 15 is 0 Å². The van der Waals surface area contributed by atoms with Crippen molar-refractivity contribution in [1.82, 2.24) is 20.9 Å². The van der Waals surface area contributed by atoms with Gasteiger partial charge in [-0.3, -0.25) is 19.3 Å². The van der Waals surface area contributed by atoms with Gasteiger partial charge in [-0.1, -0.05) is 104 Å². The fraction of sp³-hybridized carbons (Fsp3) is 0.900. The Morgan fingerprint density at radius 1 is 0.432 bits per heavy atom. The molecular formula is C30H60N4O3. The van der Waals surface area contributed by atoms with Gasteiger partial charge in [0.1, 0.15) is 0 Å². The third-order valence-electron chi connectivity index (χ3n) is 9.47. The van der Waals surface area contributed by atoms with Crippen molar-refractivity contribution in [2.24, 2.45) is 32.5 Å². The maximum Gasteiger partial charge on any atom is 0.226 e. The minimum Gasteiger partial charge on any atom is -0.354 e. The zero-order valence-corrected chi connectivity index (χ0v) is 26.9. The second-order valence-electron chi connectivity index (χ2n) is 15.2. The van der Waals surface area contributed by atoms with E-state index in [1.54, 1.807) is 0 Å². The molecule has 37 heavy (non-hydrogen) atoms. The first-order valence-corrected chi connectivity index (χ1v) is 13.9. The van der Waals surface area contributed by atoms with Crippen molar-refractivity contribution >= 4 is 17.7 Å². The van der Waals surface area contributed by atoms with Crippen LogP contribution in [0.2, 0.25) is 0 Å². The Balaban J connectivity index is 5.20. The normalized spacial score (nSPS) is 13.9. The highest BCUT2D eigenvalue weighted by molar-refractivity contribution is 5.83. The molecule has 0 aromatic rings. The summed E-state index contributed by atoms with van der Waals surface area (Å²) in [6.45, 7) is 33.9. The molecule has 0 heterocycles. The monoisotopic (exact) mass is 524 g/mol. The topological polar surface area (TPSA) is 90.5 Å². The lowest BCUT2D eigenvalue weighted by Crippen LogP contribution is -2.50. The van der Waals surface area contributed by atoms with Crippen LogP contribution in [0.3, 0.4) is 0 Å². The van der Waals surface area contributed by atoms with Gasteiger partial charge >= 0.3 is 0 Å². The van der Waals surface area contributed by atoms with Crippen molar-refractivity contribution < 1.29 is 14.4 Å². The molecule has 0 saturated carbocycles. The first kappa shape index (κ1) is 35.4. The first-order chi connectivity index (χ1) is 16.3. The quantitative estimate of drug-likeness (QED) is 0.340. The number of carbonyl (C=O) groups is 3. The number of hydrogen-bond acceptors (Lipinski definition) is 4. The van der Waals surface area contributed by atoms with Crippen LogP contribution >= 0.6 is 0 Å². The molecule has 3 amide bonds. The maximum atomic E-state index is 12.9. The third-order valence-corrected chi connectivity index (χ3v) is 9.47. The largest absolute Gasteiger partial charge is 0.354 e. The Hall–Kier alpha value is -1.63. The molecule has 218 valence electrons. The highest BCUT2D eigenvalue weighted by Gasteiger charge is 2.41. The van der Waals surface area contributed by atoms with Gasteiger partial charge in [0.15, 0.2) is 0 Å². The summed E-state index contributed by atoms with van der Waals surface area (Å²) in [4.78, 5) is 40.8. The molecule has 7 heteroatoms. The second-order valence-corrected chi connectivity index (χ2v) is 15.2. The van der Waals surface area contributed by atoms with E-state index in [0.29, 0.717) is 39.3 Å². The van der Waals surface area contributed by atoms with E-state index in [4.69, 9.17) is 0 Å². The minimum atomic E-state index is -0.503. The molecule has 0 atom stereocenters. The minimum absolute atomic E-state index is 0.0282. The summed E-state index contributed by atoms with van der Waals surface area (Å²) in [6.07, 6.45) is 0. The predicted octanol–water partition coefficient (Wildman–Crippen LogP) is 4.85. The average Bonchev–Trinajstić information content (AvgIpc) is 2.70. The summed E-state index contributed by atoms with van der Waals surface area (Å²) in [5.74, 6) is 0.0845. The van der Waals surface area contributed by atoms with Crippen molar-refractivity contribution in [3.05, 3.63) is 0 Å². The van der Waals surface area contributed by atoms with Crippen LogP contribution in [0.4, 0.5) is 0 Å². The lowest BCUT2D eigenvalue weighted by Gasteiger charge is -2.38. The van der Waals surface area contributed by atoms with Crippen LogP contribution in [-0.4, -0.2) is 61.9 Å². The molecule has 7 nitrogen and oxygen atoms in total. The zero-order valence-electron chi connectivity index (χ0n) is 26.9. The summed E-state index contributed by atoms with van der Waals surface area (Å²) in [6, 6.07) is 0. The fourth-order valence-corrected chi connectivity index (χ4v) is 3.00. The van der Waals surface area contributed by atoms with E-state index < -0.39 is 16.2 Å². The molecule has 3 N–H and O–H groups in total. The van der Waals surface area contributed by atoms with Crippen molar-refractivity contribution in [2.75, 3.05) is 39.3 Å².